The molecule has 0 spiro atoms. The van der Waals surface area contributed by atoms with Crippen molar-refractivity contribution in [2.45, 2.75) is 40.0 Å². The molecule has 15 heavy (non-hydrogen) atoms. The van der Waals surface area contributed by atoms with Gasteiger partial charge in [0.25, 0.3) is 0 Å². The molecule has 1 fully saturated rings. The van der Waals surface area contributed by atoms with Crippen molar-refractivity contribution < 1.29 is 0 Å². The van der Waals surface area contributed by atoms with E-state index in [1.807, 2.05) is 7.05 Å². The lowest BCUT2D eigenvalue weighted by Gasteiger charge is -2.17. The van der Waals surface area contributed by atoms with Crippen LogP contribution in [0.15, 0.2) is 0 Å². The number of nitrogens with two attached hydrogens (primary N) is 1. The van der Waals surface area contributed by atoms with Gasteiger partial charge in [-0.15, -0.1) is 0 Å². The van der Waals surface area contributed by atoms with Crippen molar-refractivity contribution >= 4 is 5.82 Å². The molecule has 0 radical (unpaired) electrons. The fourth-order valence-corrected chi connectivity index (χ4v) is 2.47. The Labute approximate surface area is 91.7 Å². The molecule has 1 aromatic rings. The molecule has 1 heterocycles. The molecule has 1 aliphatic rings. The van der Waals surface area contributed by atoms with E-state index in [1.165, 1.54) is 17.7 Å². The van der Waals surface area contributed by atoms with Gasteiger partial charge in [-0.1, -0.05) is 20.8 Å². The van der Waals surface area contributed by atoms with Crippen LogP contribution in [-0.4, -0.2) is 9.78 Å². The fourth-order valence-electron chi connectivity index (χ4n) is 2.47. The fraction of sp³-hybridized carbons (Fsp3) is 0.750. The smallest absolute Gasteiger partial charge is 0.124 e. The predicted molar refractivity (Wildman–Crippen MR) is 62.7 cm³/mol. The number of nitrogens with zero attached hydrogens (tertiary/aromatic N) is 2. The van der Waals surface area contributed by atoms with Gasteiger partial charge in [0, 0.05) is 18.5 Å². The molecule has 3 nitrogen and oxygen atoms in total. The summed E-state index contributed by atoms with van der Waals surface area (Å²) in [5.41, 5.74) is 8.71. The minimum absolute atomic E-state index is 0.392. The topological polar surface area (TPSA) is 43.8 Å². The molecule has 3 heteroatoms. The lowest BCUT2D eigenvalue weighted by Crippen LogP contribution is -2.09. The third kappa shape index (κ3) is 1.64. The number of aromatic nitrogens is 2. The van der Waals surface area contributed by atoms with Gasteiger partial charge in [-0.2, -0.15) is 5.10 Å². The summed E-state index contributed by atoms with van der Waals surface area (Å²) in [6.07, 6.45) is 1.26. The molecule has 1 saturated carbocycles. The molecule has 2 N–H and O–H groups in total. The molecule has 0 aromatic carbocycles. The Morgan fingerprint density at radius 1 is 1.40 bits per heavy atom. The minimum atomic E-state index is 0.392. The highest BCUT2D eigenvalue weighted by Gasteiger charge is 2.48. The molecule has 2 atom stereocenters. The predicted octanol–water partition coefficient (Wildman–Crippen LogP) is 2.46. The van der Waals surface area contributed by atoms with Gasteiger partial charge in [-0.3, -0.25) is 4.68 Å². The second-order valence-corrected chi connectivity index (χ2v) is 5.83. The maximum absolute atomic E-state index is 5.92. The highest BCUT2D eigenvalue weighted by molar-refractivity contribution is 5.45. The summed E-state index contributed by atoms with van der Waals surface area (Å²) >= 11 is 0. The van der Waals surface area contributed by atoms with E-state index in [0.717, 1.165) is 11.7 Å². The molecule has 2 rings (SSSR count). The van der Waals surface area contributed by atoms with Gasteiger partial charge in [-0.05, 0) is 24.7 Å². The number of rotatable bonds is 1. The normalized spacial score (nSPS) is 25.7. The Morgan fingerprint density at radius 2 is 2.00 bits per heavy atom. The van der Waals surface area contributed by atoms with Crippen molar-refractivity contribution in [3.63, 3.8) is 0 Å². The third-order valence-electron chi connectivity index (χ3n) is 3.63. The largest absolute Gasteiger partial charge is 0.384 e. The Kier molecular flexibility index (Phi) is 2.11. The zero-order chi connectivity index (χ0) is 11.4. The van der Waals surface area contributed by atoms with Crippen LogP contribution >= 0.6 is 0 Å². The molecular weight excluding hydrogens is 186 g/mol. The van der Waals surface area contributed by atoms with E-state index in [1.54, 1.807) is 4.68 Å². The Balaban J connectivity index is 2.24. The van der Waals surface area contributed by atoms with Crippen LogP contribution in [0.25, 0.3) is 0 Å². The van der Waals surface area contributed by atoms with Crippen molar-refractivity contribution in [3.05, 3.63) is 11.3 Å². The monoisotopic (exact) mass is 207 g/mol. The molecule has 1 aromatic heterocycles. The van der Waals surface area contributed by atoms with Gasteiger partial charge in [0.15, 0.2) is 0 Å². The van der Waals surface area contributed by atoms with Crippen LogP contribution in [0.5, 0.6) is 0 Å². The molecule has 1 aliphatic carbocycles. The summed E-state index contributed by atoms with van der Waals surface area (Å²) in [5, 5.41) is 4.53. The summed E-state index contributed by atoms with van der Waals surface area (Å²) in [6.45, 7) is 8.99. The Morgan fingerprint density at radius 3 is 2.33 bits per heavy atom. The molecular formula is C12H21N3. The van der Waals surface area contributed by atoms with E-state index >= 15 is 0 Å². The van der Waals surface area contributed by atoms with Crippen LogP contribution in [-0.2, 0) is 7.05 Å². The van der Waals surface area contributed by atoms with E-state index in [-0.39, 0.29) is 0 Å². The lowest BCUT2D eigenvalue weighted by atomic mass is 9.88. The maximum Gasteiger partial charge on any atom is 0.124 e. The summed E-state index contributed by atoms with van der Waals surface area (Å²) in [4.78, 5) is 0. The van der Waals surface area contributed by atoms with Crippen LogP contribution < -0.4 is 5.73 Å². The SMILES string of the molecule is Cc1c(C2CC2C(C)(C)C)nn(C)c1N. The van der Waals surface area contributed by atoms with Gasteiger partial charge in [0.2, 0.25) is 0 Å². The number of anilines is 1. The second kappa shape index (κ2) is 3.00. The maximum atomic E-state index is 5.92. The summed E-state index contributed by atoms with van der Waals surface area (Å²) in [6, 6.07) is 0. The first-order valence-electron chi connectivity index (χ1n) is 5.61. The molecule has 0 saturated heterocycles. The van der Waals surface area contributed by atoms with Gasteiger partial charge in [-0.25, -0.2) is 0 Å². The first-order valence-corrected chi connectivity index (χ1v) is 5.61. The van der Waals surface area contributed by atoms with E-state index in [4.69, 9.17) is 5.73 Å². The number of hydrogen-bond acceptors (Lipinski definition) is 2. The third-order valence-corrected chi connectivity index (χ3v) is 3.63. The van der Waals surface area contributed by atoms with Crippen molar-refractivity contribution in [2.24, 2.45) is 18.4 Å². The first kappa shape index (κ1) is 10.5. The average Bonchev–Trinajstić information content (AvgIpc) is 2.85. The molecule has 2 unspecified atom stereocenters. The highest BCUT2D eigenvalue weighted by Crippen LogP contribution is 2.57. The van der Waals surface area contributed by atoms with Gasteiger partial charge in [0.1, 0.15) is 5.82 Å². The number of hydrogen-bond donors (Lipinski definition) is 1. The Hall–Kier alpha value is -0.990. The summed E-state index contributed by atoms with van der Waals surface area (Å²) in [5.74, 6) is 2.21. The van der Waals surface area contributed by atoms with Crippen LogP contribution in [0.3, 0.4) is 0 Å². The number of aryl methyl sites for hydroxylation is 1. The van der Waals surface area contributed by atoms with E-state index in [0.29, 0.717) is 11.3 Å². The summed E-state index contributed by atoms with van der Waals surface area (Å²) < 4.78 is 1.79. The zero-order valence-electron chi connectivity index (χ0n) is 10.3. The van der Waals surface area contributed by atoms with Gasteiger partial charge >= 0.3 is 0 Å². The molecule has 0 amide bonds. The minimum Gasteiger partial charge on any atom is -0.384 e. The van der Waals surface area contributed by atoms with Crippen molar-refractivity contribution in [3.8, 4) is 0 Å². The first-order chi connectivity index (χ1) is 6.82. The van der Waals surface area contributed by atoms with Crippen LogP contribution in [0.4, 0.5) is 5.82 Å². The zero-order valence-corrected chi connectivity index (χ0v) is 10.3. The standard InChI is InChI=1S/C12H21N3/c1-7-10(14-15(5)11(7)13)8-6-9(8)12(2,3)4/h8-9H,6,13H2,1-5H3. The van der Waals surface area contributed by atoms with Crippen molar-refractivity contribution in [1.29, 1.82) is 0 Å². The van der Waals surface area contributed by atoms with Crippen LogP contribution in [0.1, 0.15) is 44.4 Å². The average molecular weight is 207 g/mol. The molecule has 84 valence electrons. The number of nitrogen functional groups attached to an aromatic ring is 1. The van der Waals surface area contributed by atoms with E-state index in [2.05, 4.69) is 32.8 Å². The van der Waals surface area contributed by atoms with Gasteiger partial charge in [0.05, 0.1) is 5.69 Å². The molecule has 0 aliphatic heterocycles. The lowest BCUT2D eigenvalue weighted by molar-refractivity contribution is 0.342. The van der Waals surface area contributed by atoms with E-state index < -0.39 is 0 Å². The molecule has 0 bridgehead atoms. The summed E-state index contributed by atoms with van der Waals surface area (Å²) in [7, 11) is 1.92. The van der Waals surface area contributed by atoms with Crippen molar-refractivity contribution in [1.82, 2.24) is 9.78 Å². The quantitative estimate of drug-likeness (QED) is 0.768. The Bertz CT molecular complexity index is 384. The van der Waals surface area contributed by atoms with Gasteiger partial charge < -0.3 is 5.73 Å². The second-order valence-electron chi connectivity index (χ2n) is 5.83. The van der Waals surface area contributed by atoms with E-state index in [9.17, 15) is 0 Å². The highest BCUT2D eigenvalue weighted by atomic mass is 15.3. The van der Waals surface area contributed by atoms with Crippen LogP contribution in [0, 0.1) is 18.3 Å². The van der Waals surface area contributed by atoms with Crippen LogP contribution in [0.2, 0.25) is 0 Å². The van der Waals surface area contributed by atoms with Crippen molar-refractivity contribution in [2.75, 3.05) is 5.73 Å².